The molecule has 2 atom stereocenters. The van der Waals surface area contributed by atoms with E-state index in [9.17, 15) is 14.4 Å². The second-order valence-corrected chi connectivity index (χ2v) is 10.5. The second-order valence-electron chi connectivity index (χ2n) is 10.5. The summed E-state index contributed by atoms with van der Waals surface area (Å²) >= 11 is 0. The van der Waals surface area contributed by atoms with Gasteiger partial charge in [0.15, 0.2) is 0 Å². The van der Waals surface area contributed by atoms with E-state index in [0.717, 1.165) is 40.9 Å². The zero-order chi connectivity index (χ0) is 28.3. The maximum absolute atomic E-state index is 14.0. The molecule has 3 amide bonds. The van der Waals surface area contributed by atoms with Crippen molar-refractivity contribution in [3.8, 4) is 12.5 Å². The zero-order valence-corrected chi connectivity index (χ0v) is 23.5. The summed E-state index contributed by atoms with van der Waals surface area (Å²) in [6, 6.07) is 15.3. The third kappa shape index (κ3) is 9.26. The first-order valence-corrected chi connectivity index (χ1v) is 13.1. The molecule has 0 spiro atoms. The van der Waals surface area contributed by atoms with Gasteiger partial charge in [-0.3, -0.25) is 14.5 Å². The van der Waals surface area contributed by atoms with E-state index >= 15 is 0 Å². The number of carbonyl (C=O) groups excluding carboxylic acids is 3. The fraction of sp³-hybridized carbons (Fsp3) is 0.452. The molecular formula is C31H41N3O4. The summed E-state index contributed by atoms with van der Waals surface area (Å²) < 4.78 is 5.42. The number of unbranched alkanes of at least 4 members (excludes halogenated alkanes) is 2. The van der Waals surface area contributed by atoms with Crippen LogP contribution >= 0.6 is 0 Å². The summed E-state index contributed by atoms with van der Waals surface area (Å²) in [5.41, 5.74) is 2.57. The lowest BCUT2D eigenvalue weighted by Crippen LogP contribution is -2.52. The van der Waals surface area contributed by atoms with Crippen LogP contribution in [0.5, 0.6) is 0 Å². The third-order valence-corrected chi connectivity index (χ3v) is 5.95. The van der Waals surface area contributed by atoms with Crippen molar-refractivity contribution in [2.75, 3.05) is 6.54 Å². The summed E-state index contributed by atoms with van der Waals surface area (Å²) in [5, 5.41) is 5.63. The highest BCUT2D eigenvalue weighted by Crippen LogP contribution is 2.26. The van der Waals surface area contributed by atoms with E-state index in [-0.39, 0.29) is 12.3 Å². The lowest BCUT2D eigenvalue weighted by atomic mass is 9.96. The molecule has 0 aliphatic carbocycles. The second kappa shape index (κ2) is 14.2. The van der Waals surface area contributed by atoms with Gasteiger partial charge in [0.2, 0.25) is 5.91 Å². The predicted molar refractivity (Wildman–Crippen MR) is 150 cm³/mol. The molecule has 0 saturated heterocycles. The van der Waals surface area contributed by atoms with Crippen LogP contribution in [-0.4, -0.2) is 41.0 Å². The topological polar surface area (TPSA) is 87.7 Å². The van der Waals surface area contributed by atoms with Gasteiger partial charge in [-0.05, 0) is 57.7 Å². The molecule has 0 heterocycles. The molecule has 38 heavy (non-hydrogen) atoms. The Morgan fingerprint density at radius 1 is 1.05 bits per heavy atom. The van der Waals surface area contributed by atoms with Gasteiger partial charge in [0, 0.05) is 19.0 Å². The molecule has 7 heteroatoms. The molecule has 0 saturated carbocycles. The van der Waals surface area contributed by atoms with E-state index in [1.54, 1.807) is 20.8 Å². The molecule has 7 nitrogen and oxygen atoms in total. The number of carbonyl (C=O) groups is 3. The SMILES string of the molecule is C#CN(C(=O)C(Cc1ccccc1)NC(=O)OC(C)(C)C)C(C(=O)NCCCCC)c1ccc(C)cc1C. The van der Waals surface area contributed by atoms with Crippen LogP contribution in [0.3, 0.4) is 0 Å². The molecule has 2 aromatic rings. The molecule has 204 valence electrons. The highest BCUT2D eigenvalue weighted by Gasteiger charge is 2.36. The Morgan fingerprint density at radius 2 is 1.74 bits per heavy atom. The quantitative estimate of drug-likeness (QED) is 0.242. The fourth-order valence-electron chi connectivity index (χ4n) is 4.15. The van der Waals surface area contributed by atoms with E-state index in [2.05, 4.69) is 23.6 Å². The van der Waals surface area contributed by atoms with E-state index in [1.165, 1.54) is 0 Å². The van der Waals surface area contributed by atoms with Gasteiger partial charge in [0.05, 0.1) is 0 Å². The van der Waals surface area contributed by atoms with Crippen molar-refractivity contribution in [2.24, 2.45) is 0 Å². The molecule has 2 N–H and O–H groups in total. The van der Waals surface area contributed by atoms with Gasteiger partial charge in [-0.25, -0.2) is 4.79 Å². The molecule has 2 aromatic carbocycles. The normalized spacial score (nSPS) is 12.6. The van der Waals surface area contributed by atoms with E-state index in [4.69, 9.17) is 11.2 Å². The van der Waals surface area contributed by atoms with Crippen LogP contribution < -0.4 is 10.6 Å². The van der Waals surface area contributed by atoms with Gasteiger partial charge < -0.3 is 15.4 Å². The Balaban J connectivity index is 2.46. The van der Waals surface area contributed by atoms with Gasteiger partial charge in [0.1, 0.15) is 17.7 Å². The van der Waals surface area contributed by atoms with Crippen LogP contribution in [0.4, 0.5) is 4.79 Å². The smallest absolute Gasteiger partial charge is 0.408 e. The van der Waals surface area contributed by atoms with E-state index in [1.807, 2.05) is 62.4 Å². The first-order chi connectivity index (χ1) is 18.0. The summed E-state index contributed by atoms with van der Waals surface area (Å²) in [6.45, 7) is 11.6. The average molecular weight is 520 g/mol. The molecular weight excluding hydrogens is 478 g/mol. The van der Waals surface area contributed by atoms with E-state index in [0.29, 0.717) is 12.1 Å². The number of nitrogens with zero attached hydrogens (tertiary/aromatic N) is 1. The highest BCUT2D eigenvalue weighted by atomic mass is 16.6. The minimum atomic E-state index is -1.06. The Morgan fingerprint density at radius 3 is 2.32 bits per heavy atom. The summed E-state index contributed by atoms with van der Waals surface area (Å²) in [4.78, 5) is 41.3. The van der Waals surface area contributed by atoms with Crippen LogP contribution in [0.1, 0.15) is 75.3 Å². The monoisotopic (exact) mass is 519 g/mol. The molecule has 2 unspecified atom stereocenters. The van der Waals surface area contributed by atoms with Crippen LogP contribution in [0.15, 0.2) is 48.5 Å². The van der Waals surface area contributed by atoms with Crippen molar-refractivity contribution < 1.29 is 19.1 Å². The van der Waals surface area contributed by atoms with Crippen molar-refractivity contribution in [3.63, 3.8) is 0 Å². The van der Waals surface area contributed by atoms with E-state index < -0.39 is 29.7 Å². The standard InChI is InChI=1S/C31H41N3O4/c1-8-10-14-19-32-28(35)27(25-18-17-22(3)20-23(25)4)34(9-2)29(36)26(21-24-15-12-11-13-16-24)33-30(37)38-31(5,6)7/h2,11-13,15-18,20,26-27H,8,10,14,19,21H2,1,3-7H3,(H,32,35)(H,33,37). The molecule has 0 radical (unpaired) electrons. The minimum absolute atomic E-state index is 0.175. The number of ether oxygens (including phenoxy) is 1. The van der Waals surface area contributed by atoms with Crippen molar-refractivity contribution in [2.45, 2.75) is 84.9 Å². The summed E-state index contributed by atoms with van der Waals surface area (Å²) in [6.07, 6.45) is 8.15. The maximum Gasteiger partial charge on any atom is 0.408 e. The largest absolute Gasteiger partial charge is 0.444 e. The molecule has 0 fully saturated rings. The first kappa shape index (κ1) is 30.4. The maximum atomic E-state index is 14.0. The lowest BCUT2D eigenvalue weighted by molar-refractivity contribution is -0.138. The summed E-state index contributed by atoms with van der Waals surface area (Å²) in [7, 11) is 0. The summed E-state index contributed by atoms with van der Waals surface area (Å²) in [5.74, 6) is -0.939. The minimum Gasteiger partial charge on any atom is -0.444 e. The Labute approximate surface area is 227 Å². The molecule has 0 aliphatic heterocycles. The average Bonchev–Trinajstić information content (AvgIpc) is 2.84. The van der Waals surface area contributed by atoms with Crippen molar-refractivity contribution in [1.82, 2.24) is 15.5 Å². The number of benzene rings is 2. The van der Waals surface area contributed by atoms with Gasteiger partial charge in [-0.15, -0.1) is 0 Å². The van der Waals surface area contributed by atoms with Gasteiger partial charge in [-0.2, -0.15) is 0 Å². The van der Waals surface area contributed by atoms with Crippen LogP contribution in [0.2, 0.25) is 0 Å². The number of hydrogen-bond donors (Lipinski definition) is 2. The number of rotatable bonds is 11. The number of alkyl carbamates (subject to hydrolysis) is 1. The predicted octanol–water partition coefficient (Wildman–Crippen LogP) is 5.21. The van der Waals surface area contributed by atoms with Gasteiger partial charge >= 0.3 is 6.09 Å². The van der Waals surface area contributed by atoms with Crippen LogP contribution in [0.25, 0.3) is 0 Å². The third-order valence-electron chi connectivity index (χ3n) is 5.95. The number of hydrogen-bond acceptors (Lipinski definition) is 4. The van der Waals surface area contributed by atoms with Crippen LogP contribution in [-0.2, 0) is 20.7 Å². The number of terminal acetylenes is 1. The van der Waals surface area contributed by atoms with Gasteiger partial charge in [0.25, 0.3) is 5.91 Å². The Hall–Kier alpha value is -3.79. The number of aryl methyl sites for hydroxylation is 2. The molecule has 0 aromatic heterocycles. The number of nitrogens with one attached hydrogen (secondary N) is 2. The van der Waals surface area contributed by atoms with Crippen molar-refractivity contribution in [3.05, 3.63) is 70.8 Å². The molecule has 0 bridgehead atoms. The zero-order valence-electron chi connectivity index (χ0n) is 23.5. The van der Waals surface area contributed by atoms with Crippen molar-refractivity contribution in [1.29, 1.82) is 0 Å². The molecule has 2 rings (SSSR count). The first-order valence-electron chi connectivity index (χ1n) is 13.1. The van der Waals surface area contributed by atoms with Crippen molar-refractivity contribution >= 4 is 17.9 Å². The highest BCUT2D eigenvalue weighted by molar-refractivity contribution is 5.93. The van der Waals surface area contributed by atoms with Gasteiger partial charge in [-0.1, -0.05) is 80.3 Å². The Bertz CT molecular complexity index is 1130. The number of amides is 3. The Kier molecular flexibility index (Phi) is 11.4. The fourth-order valence-corrected chi connectivity index (χ4v) is 4.15. The van der Waals surface area contributed by atoms with Crippen LogP contribution in [0, 0.1) is 26.3 Å². The lowest BCUT2D eigenvalue weighted by Gasteiger charge is -2.31. The molecule has 0 aliphatic rings.